The van der Waals surface area contributed by atoms with E-state index in [1.54, 1.807) is 0 Å². The van der Waals surface area contributed by atoms with Crippen molar-refractivity contribution in [2.75, 3.05) is 71.2 Å². The Labute approximate surface area is 313 Å². The molecule has 1 fully saturated rings. The third kappa shape index (κ3) is 18.2. The van der Waals surface area contributed by atoms with Gasteiger partial charge in [0.15, 0.2) is 6.23 Å². The van der Waals surface area contributed by atoms with Gasteiger partial charge in [-0.15, -0.1) is 11.3 Å². The van der Waals surface area contributed by atoms with Crippen molar-refractivity contribution in [1.82, 2.24) is 24.3 Å². The Hall–Kier alpha value is -1.60. The topological polar surface area (TPSA) is 234 Å². The molecule has 0 bridgehead atoms. The molecule has 304 valence electrons. The number of nitrogens with two attached hydrogens (primary N) is 1. The predicted molar refractivity (Wildman–Crippen MR) is 205 cm³/mol. The molecular formula is C32H64N6O11P2S. The Bertz CT molecular complexity index is 1310. The van der Waals surface area contributed by atoms with Gasteiger partial charge >= 0.3 is 21.1 Å². The van der Waals surface area contributed by atoms with Gasteiger partial charge in [-0.1, -0.05) is 68.4 Å². The number of phosphoric acid groups is 1. The van der Waals surface area contributed by atoms with Crippen molar-refractivity contribution in [1.29, 1.82) is 0 Å². The van der Waals surface area contributed by atoms with Gasteiger partial charge < -0.3 is 50.1 Å². The Kier molecular flexibility index (Phi) is 25.4. The highest BCUT2D eigenvalue weighted by molar-refractivity contribution is 7.54. The first-order valence-electron chi connectivity index (χ1n) is 17.7. The molecule has 2 aromatic heterocycles. The lowest BCUT2D eigenvalue weighted by molar-refractivity contribution is -0.0556. The number of aliphatic hydroxyl groups excluding tert-OH is 2. The molecule has 20 heteroatoms. The van der Waals surface area contributed by atoms with E-state index in [1.165, 1.54) is 88.7 Å². The summed E-state index contributed by atoms with van der Waals surface area (Å²) < 4.78 is 39.5. The van der Waals surface area contributed by atoms with Crippen LogP contribution in [0.1, 0.15) is 79.3 Å². The van der Waals surface area contributed by atoms with E-state index in [9.17, 15) is 38.8 Å². The van der Waals surface area contributed by atoms with Gasteiger partial charge in [0, 0.05) is 11.1 Å². The lowest BCUT2D eigenvalue weighted by Gasteiger charge is -2.22. The molecule has 0 radical (unpaired) electrons. The van der Waals surface area contributed by atoms with Crippen LogP contribution in [0.4, 0.5) is 5.82 Å². The normalized spacial score (nSPS) is 20.3. The molecule has 6 atom stereocenters. The molecule has 52 heavy (non-hydrogen) atoms. The monoisotopic (exact) mass is 802 g/mol. The second-order valence-corrected chi connectivity index (χ2v) is 15.3. The van der Waals surface area contributed by atoms with E-state index in [0.29, 0.717) is 0 Å². The first-order chi connectivity index (χ1) is 24.4. The molecule has 3 heterocycles. The van der Waals surface area contributed by atoms with E-state index in [4.69, 9.17) is 15.0 Å². The van der Waals surface area contributed by atoms with Crippen molar-refractivity contribution >= 4 is 32.6 Å². The van der Waals surface area contributed by atoms with E-state index < -0.39 is 58.1 Å². The van der Waals surface area contributed by atoms with Crippen LogP contribution in [-0.2, 0) is 22.9 Å². The number of nitrogen functional groups attached to an aromatic ring is 1. The number of anilines is 1. The maximum atomic E-state index is 12.2. The summed E-state index contributed by atoms with van der Waals surface area (Å²) in [5.74, 6) is -2.12. The molecule has 2 aromatic rings. The fourth-order valence-corrected chi connectivity index (χ4v) is 8.09. The molecule has 0 amide bonds. The number of hydrogen-bond donors (Lipinski definition) is 6. The number of aliphatic hydroxyl groups is 2. The summed E-state index contributed by atoms with van der Waals surface area (Å²) >= 11 is 0.893. The van der Waals surface area contributed by atoms with Gasteiger partial charge in [-0.2, -0.15) is 4.98 Å². The predicted octanol–water partition coefficient (Wildman–Crippen LogP) is 3.56. The standard InChI is InChI=1S/C14H19N3O11P2S.3C6H15N/c15-9-3-4-17(14(20)16-9)12-11(19)10(18)7(27-12)6-26-30(24,25)28-13(29(21,22)23)8-2-1-5-31-8;3*1-4-7(5-2)6-3/h1-5,7,10-13,18-19H,6H2,(H,24,25)(H2,15,16,20)(H2,21,22,23);3*4-6H2,1-3H3/t7-,10-,11-,12-,13?;;;/m1.../s1. The zero-order valence-electron chi connectivity index (χ0n) is 32.1. The summed E-state index contributed by atoms with van der Waals surface area (Å²) in [6.45, 7) is 29.6. The third-order valence-corrected chi connectivity index (χ3v) is 11.4. The molecule has 0 saturated carbocycles. The summed E-state index contributed by atoms with van der Waals surface area (Å²) in [6.07, 6.45) is -4.85. The first kappa shape index (κ1) is 50.4. The van der Waals surface area contributed by atoms with Crippen molar-refractivity contribution in [2.24, 2.45) is 0 Å². The van der Waals surface area contributed by atoms with Crippen LogP contribution in [0, 0.1) is 0 Å². The minimum absolute atomic E-state index is 0.00549. The smallest absolute Gasteiger partial charge is 0.387 e. The lowest BCUT2D eigenvalue weighted by Crippen LogP contribution is -2.36. The van der Waals surface area contributed by atoms with Crippen molar-refractivity contribution in [3.63, 3.8) is 0 Å². The highest BCUT2D eigenvalue weighted by Gasteiger charge is 2.46. The molecule has 17 nitrogen and oxygen atoms in total. The molecule has 1 saturated heterocycles. The summed E-state index contributed by atoms with van der Waals surface area (Å²) in [7, 11) is -10.0. The van der Waals surface area contributed by atoms with Crippen LogP contribution in [0.25, 0.3) is 0 Å². The molecule has 0 aliphatic carbocycles. The summed E-state index contributed by atoms with van der Waals surface area (Å²) in [6, 6.07) is 4.03. The summed E-state index contributed by atoms with van der Waals surface area (Å²) in [4.78, 5) is 51.3. The van der Waals surface area contributed by atoms with Crippen molar-refractivity contribution in [2.45, 2.75) is 92.7 Å². The number of ether oxygens (including phenoxy) is 1. The van der Waals surface area contributed by atoms with Crippen LogP contribution in [0.15, 0.2) is 34.6 Å². The van der Waals surface area contributed by atoms with Gasteiger partial charge in [0.25, 0.3) is 0 Å². The Balaban J connectivity index is 0.00000101. The number of hydrogen-bond acceptors (Lipinski definition) is 14. The SMILES string of the molecule is CCN(CC)CC.CCN(CC)CC.CCN(CC)CC.Nc1ccn([C@@H]2O[C@H](COP(=O)(O)OC(c3cccs3)P(=O)(O)O)[C@@H](O)[C@H]2O)c(=O)n1. The van der Waals surface area contributed by atoms with Crippen LogP contribution in [-0.4, -0.2) is 133 Å². The highest BCUT2D eigenvalue weighted by Crippen LogP contribution is 2.61. The largest absolute Gasteiger partial charge is 0.473 e. The Morgan fingerprint density at radius 3 is 1.65 bits per heavy atom. The lowest BCUT2D eigenvalue weighted by atomic mass is 10.1. The zero-order chi connectivity index (χ0) is 40.1. The minimum Gasteiger partial charge on any atom is -0.387 e. The van der Waals surface area contributed by atoms with Crippen LogP contribution in [0.2, 0.25) is 0 Å². The fraction of sp³-hybridized carbons (Fsp3) is 0.750. The van der Waals surface area contributed by atoms with Crippen molar-refractivity contribution in [3.05, 3.63) is 45.1 Å². The van der Waals surface area contributed by atoms with Gasteiger partial charge in [-0.05, 0) is 76.4 Å². The number of aromatic nitrogens is 2. The summed E-state index contributed by atoms with van der Waals surface area (Å²) in [5.41, 5.74) is 4.53. The zero-order valence-corrected chi connectivity index (χ0v) is 34.8. The maximum Gasteiger partial charge on any atom is 0.473 e. The van der Waals surface area contributed by atoms with Crippen molar-refractivity contribution < 1.29 is 47.8 Å². The highest BCUT2D eigenvalue weighted by atomic mass is 32.1. The van der Waals surface area contributed by atoms with Gasteiger partial charge in [-0.3, -0.25) is 18.2 Å². The summed E-state index contributed by atoms with van der Waals surface area (Å²) in [5, 5.41) is 21.8. The van der Waals surface area contributed by atoms with Gasteiger partial charge in [0.2, 0.25) is 5.85 Å². The minimum atomic E-state index is -5.05. The van der Waals surface area contributed by atoms with E-state index in [2.05, 4.69) is 86.5 Å². The van der Waals surface area contributed by atoms with Crippen LogP contribution >= 0.6 is 26.8 Å². The third-order valence-electron chi connectivity index (χ3n) is 8.21. The Morgan fingerprint density at radius 2 is 1.31 bits per heavy atom. The average molecular weight is 803 g/mol. The average Bonchev–Trinajstić information content (AvgIpc) is 3.74. The molecule has 1 aliphatic heterocycles. The van der Waals surface area contributed by atoms with E-state index in [1.807, 2.05) is 0 Å². The number of rotatable bonds is 17. The molecular weight excluding hydrogens is 738 g/mol. The van der Waals surface area contributed by atoms with Gasteiger partial charge in [0.1, 0.15) is 24.1 Å². The first-order valence-corrected chi connectivity index (χ1v) is 21.8. The van der Waals surface area contributed by atoms with E-state index in [-0.39, 0.29) is 10.7 Å². The number of nitrogens with zero attached hydrogens (tertiary/aromatic N) is 5. The van der Waals surface area contributed by atoms with Crippen LogP contribution in [0.5, 0.6) is 0 Å². The fourth-order valence-electron chi connectivity index (χ4n) is 4.76. The molecule has 2 unspecified atom stereocenters. The van der Waals surface area contributed by atoms with Crippen molar-refractivity contribution in [3.8, 4) is 0 Å². The number of phosphoric ester groups is 1. The quantitative estimate of drug-likeness (QED) is 0.126. The molecule has 7 N–H and O–H groups in total. The second kappa shape index (κ2) is 26.2. The maximum absolute atomic E-state index is 12.2. The molecule has 3 rings (SSSR count). The molecule has 1 aliphatic rings. The van der Waals surface area contributed by atoms with Crippen LogP contribution in [0.3, 0.4) is 0 Å². The molecule has 0 spiro atoms. The molecule has 0 aromatic carbocycles. The Morgan fingerprint density at radius 1 is 0.846 bits per heavy atom. The van der Waals surface area contributed by atoms with E-state index >= 15 is 0 Å². The number of thiophene rings is 1. The van der Waals surface area contributed by atoms with E-state index in [0.717, 1.165) is 15.9 Å². The van der Waals surface area contributed by atoms with Gasteiger partial charge in [0.05, 0.1) is 6.61 Å². The van der Waals surface area contributed by atoms with Gasteiger partial charge in [-0.25, -0.2) is 9.36 Å². The second-order valence-electron chi connectivity index (χ2n) is 11.3. The van der Waals surface area contributed by atoms with Crippen LogP contribution < -0.4 is 11.4 Å².